The number of phenols is 1. The van der Waals surface area contributed by atoms with Crippen molar-refractivity contribution in [3.8, 4) is 5.75 Å². The highest BCUT2D eigenvalue weighted by Crippen LogP contribution is 2.29. The van der Waals surface area contributed by atoms with Crippen molar-refractivity contribution in [3.63, 3.8) is 0 Å². The quantitative estimate of drug-likeness (QED) is 0.673. The van der Waals surface area contributed by atoms with Crippen LogP contribution in [-0.2, 0) is 9.47 Å². The Morgan fingerprint density at radius 1 is 1.10 bits per heavy atom. The van der Waals surface area contributed by atoms with E-state index in [0.717, 1.165) is 37.4 Å². The zero-order valence-corrected chi connectivity index (χ0v) is 13.8. The molecule has 4 nitrogen and oxygen atoms in total. The first-order chi connectivity index (χ1) is 10.1. The number of hydrogen-bond acceptors (Lipinski definition) is 4. The molecule has 0 radical (unpaired) electrons. The van der Waals surface area contributed by atoms with Crippen LogP contribution in [0.4, 0.5) is 0 Å². The van der Waals surface area contributed by atoms with E-state index in [2.05, 4.69) is 11.8 Å². The number of aryl methyl sites for hydroxylation is 1. The molecule has 0 fully saturated rings. The minimum atomic E-state index is 0.130. The molecule has 21 heavy (non-hydrogen) atoms. The van der Waals surface area contributed by atoms with Gasteiger partial charge in [0.15, 0.2) is 0 Å². The first-order valence-corrected chi connectivity index (χ1v) is 7.79. The van der Waals surface area contributed by atoms with Gasteiger partial charge < -0.3 is 14.6 Å². The molecular formula is C17H29NO3. The molecule has 1 unspecified atom stereocenters. The lowest BCUT2D eigenvalue weighted by molar-refractivity contribution is 0.0656. The maximum atomic E-state index is 10.1. The van der Waals surface area contributed by atoms with E-state index in [9.17, 15) is 5.11 Å². The third-order valence-electron chi connectivity index (χ3n) is 3.63. The number of phenolic OH excluding ortho intramolecular Hbond substituents is 1. The van der Waals surface area contributed by atoms with Crippen molar-refractivity contribution in [3.05, 3.63) is 29.3 Å². The van der Waals surface area contributed by atoms with Crippen molar-refractivity contribution in [2.75, 3.05) is 39.5 Å². The molecule has 0 bridgehead atoms. The number of rotatable bonds is 10. The third-order valence-corrected chi connectivity index (χ3v) is 3.63. The number of benzene rings is 1. The van der Waals surface area contributed by atoms with E-state index < -0.39 is 0 Å². The molecule has 1 aromatic carbocycles. The van der Waals surface area contributed by atoms with E-state index in [1.54, 1.807) is 6.07 Å². The number of aromatic hydroxyl groups is 1. The summed E-state index contributed by atoms with van der Waals surface area (Å²) < 4.78 is 10.9. The van der Waals surface area contributed by atoms with Gasteiger partial charge in [-0.3, -0.25) is 4.90 Å². The highest BCUT2D eigenvalue weighted by molar-refractivity contribution is 5.37. The Bertz CT molecular complexity index is 399. The molecule has 120 valence electrons. The van der Waals surface area contributed by atoms with Gasteiger partial charge >= 0.3 is 0 Å². The predicted molar refractivity (Wildman–Crippen MR) is 85.8 cm³/mol. The molecule has 1 aromatic rings. The molecule has 0 saturated carbocycles. The maximum Gasteiger partial charge on any atom is 0.120 e. The average molecular weight is 295 g/mol. The topological polar surface area (TPSA) is 41.9 Å². The second-order valence-electron chi connectivity index (χ2n) is 5.17. The molecular weight excluding hydrogens is 266 g/mol. The summed E-state index contributed by atoms with van der Waals surface area (Å²) in [5.41, 5.74) is 2.12. The summed E-state index contributed by atoms with van der Waals surface area (Å²) in [5.74, 6) is 0.353. The summed E-state index contributed by atoms with van der Waals surface area (Å²) in [4.78, 5) is 2.29. The van der Waals surface area contributed by atoms with Gasteiger partial charge in [0, 0.05) is 37.9 Å². The van der Waals surface area contributed by atoms with Crippen molar-refractivity contribution in [2.45, 2.75) is 33.7 Å². The zero-order valence-electron chi connectivity index (χ0n) is 13.8. The Labute approximate surface area is 128 Å². The molecule has 0 aliphatic carbocycles. The first kappa shape index (κ1) is 18.0. The molecule has 0 heterocycles. The summed E-state index contributed by atoms with van der Waals surface area (Å²) in [6, 6.07) is 5.88. The predicted octanol–water partition coefficient (Wildman–Crippen LogP) is 3.14. The SMILES string of the molecule is CCOCCN(CCOCC)C(C)c1cc(C)ccc1O. The fraction of sp³-hybridized carbons (Fsp3) is 0.647. The van der Waals surface area contributed by atoms with Gasteiger partial charge in [-0.15, -0.1) is 0 Å². The van der Waals surface area contributed by atoms with Crippen molar-refractivity contribution in [1.82, 2.24) is 4.90 Å². The van der Waals surface area contributed by atoms with Gasteiger partial charge in [-0.25, -0.2) is 0 Å². The summed E-state index contributed by atoms with van der Waals surface area (Å²) in [6.45, 7) is 12.7. The van der Waals surface area contributed by atoms with Crippen LogP contribution in [0.25, 0.3) is 0 Å². The van der Waals surface area contributed by atoms with Crippen LogP contribution in [0.2, 0.25) is 0 Å². The van der Waals surface area contributed by atoms with Gasteiger partial charge in [0.25, 0.3) is 0 Å². The summed E-state index contributed by atoms with van der Waals surface area (Å²) in [5, 5.41) is 10.1. The van der Waals surface area contributed by atoms with Crippen LogP contribution >= 0.6 is 0 Å². The van der Waals surface area contributed by atoms with E-state index in [4.69, 9.17) is 9.47 Å². The largest absolute Gasteiger partial charge is 0.508 e. The summed E-state index contributed by atoms with van der Waals surface area (Å²) in [6.07, 6.45) is 0. The van der Waals surface area contributed by atoms with Gasteiger partial charge in [-0.1, -0.05) is 17.7 Å². The molecule has 0 aliphatic rings. The maximum absolute atomic E-state index is 10.1. The van der Waals surface area contributed by atoms with E-state index in [-0.39, 0.29) is 6.04 Å². The highest BCUT2D eigenvalue weighted by Gasteiger charge is 2.18. The van der Waals surface area contributed by atoms with Crippen molar-refractivity contribution in [2.24, 2.45) is 0 Å². The lowest BCUT2D eigenvalue weighted by Crippen LogP contribution is -2.33. The van der Waals surface area contributed by atoms with Crippen LogP contribution in [-0.4, -0.2) is 49.5 Å². The Morgan fingerprint density at radius 2 is 1.67 bits per heavy atom. The molecule has 0 aliphatic heterocycles. The second kappa shape index (κ2) is 9.77. The van der Waals surface area contributed by atoms with Gasteiger partial charge in [0.1, 0.15) is 5.75 Å². The fourth-order valence-corrected chi connectivity index (χ4v) is 2.36. The van der Waals surface area contributed by atoms with E-state index in [0.29, 0.717) is 19.0 Å². The number of ether oxygens (including phenoxy) is 2. The molecule has 0 amide bonds. The molecule has 0 spiro atoms. The lowest BCUT2D eigenvalue weighted by atomic mass is 10.0. The van der Waals surface area contributed by atoms with Crippen LogP contribution in [0.1, 0.15) is 37.9 Å². The molecule has 1 atom stereocenters. The number of nitrogens with zero attached hydrogens (tertiary/aromatic N) is 1. The fourth-order valence-electron chi connectivity index (χ4n) is 2.36. The normalized spacial score (nSPS) is 12.8. The van der Waals surface area contributed by atoms with Crippen LogP contribution in [0, 0.1) is 6.92 Å². The average Bonchev–Trinajstić information content (AvgIpc) is 2.48. The van der Waals surface area contributed by atoms with Crippen LogP contribution in [0.5, 0.6) is 5.75 Å². The van der Waals surface area contributed by atoms with E-state index in [1.807, 2.05) is 32.9 Å². The van der Waals surface area contributed by atoms with Crippen molar-refractivity contribution >= 4 is 0 Å². The summed E-state index contributed by atoms with van der Waals surface area (Å²) >= 11 is 0. The first-order valence-electron chi connectivity index (χ1n) is 7.79. The van der Waals surface area contributed by atoms with E-state index >= 15 is 0 Å². The molecule has 4 heteroatoms. The van der Waals surface area contributed by atoms with Gasteiger partial charge in [0.2, 0.25) is 0 Å². The third kappa shape index (κ3) is 6.04. The Balaban J connectivity index is 2.76. The Hall–Kier alpha value is -1.10. The molecule has 0 saturated heterocycles. The Kier molecular flexibility index (Phi) is 8.35. The van der Waals surface area contributed by atoms with Crippen molar-refractivity contribution in [1.29, 1.82) is 0 Å². The van der Waals surface area contributed by atoms with Crippen molar-refractivity contribution < 1.29 is 14.6 Å². The van der Waals surface area contributed by atoms with E-state index in [1.165, 1.54) is 0 Å². The van der Waals surface area contributed by atoms with Crippen LogP contribution in [0.3, 0.4) is 0 Å². The molecule has 1 rings (SSSR count). The summed E-state index contributed by atoms with van der Waals surface area (Å²) in [7, 11) is 0. The van der Waals surface area contributed by atoms with Gasteiger partial charge in [0.05, 0.1) is 13.2 Å². The zero-order chi connectivity index (χ0) is 15.7. The lowest BCUT2D eigenvalue weighted by Gasteiger charge is -2.29. The van der Waals surface area contributed by atoms with Crippen LogP contribution < -0.4 is 0 Å². The minimum Gasteiger partial charge on any atom is -0.508 e. The Morgan fingerprint density at radius 3 is 2.19 bits per heavy atom. The van der Waals surface area contributed by atoms with Crippen LogP contribution in [0.15, 0.2) is 18.2 Å². The monoisotopic (exact) mass is 295 g/mol. The standard InChI is InChI=1S/C17H29NO3/c1-5-20-11-9-18(10-12-21-6-2)15(4)16-13-14(3)7-8-17(16)19/h7-8,13,15,19H,5-6,9-12H2,1-4H3. The van der Waals surface area contributed by atoms with Gasteiger partial charge in [-0.2, -0.15) is 0 Å². The molecule has 1 N–H and O–H groups in total. The van der Waals surface area contributed by atoms with Gasteiger partial charge in [-0.05, 0) is 33.8 Å². The highest BCUT2D eigenvalue weighted by atomic mass is 16.5. The number of hydrogen-bond donors (Lipinski definition) is 1. The minimum absolute atomic E-state index is 0.130. The second-order valence-corrected chi connectivity index (χ2v) is 5.17. The molecule has 0 aromatic heterocycles. The smallest absolute Gasteiger partial charge is 0.120 e.